The summed E-state index contributed by atoms with van der Waals surface area (Å²) in [6, 6.07) is 14.9. The van der Waals surface area contributed by atoms with Crippen LogP contribution in [0.2, 0.25) is 10.0 Å². The zero-order chi connectivity index (χ0) is 22.8. The minimum atomic E-state index is -0.816. The van der Waals surface area contributed by atoms with Crippen molar-refractivity contribution in [2.75, 3.05) is 0 Å². The first kappa shape index (κ1) is 22.1. The van der Waals surface area contributed by atoms with Crippen LogP contribution in [0, 0.1) is 0 Å². The van der Waals surface area contributed by atoms with Gasteiger partial charge in [0.1, 0.15) is 5.76 Å². The Morgan fingerprint density at radius 1 is 0.969 bits per heavy atom. The lowest BCUT2D eigenvalue weighted by Gasteiger charge is -2.25. The number of carbonyl (C=O) groups is 2. The maximum atomic E-state index is 13.1. The van der Waals surface area contributed by atoms with Gasteiger partial charge >= 0.3 is 0 Å². The Morgan fingerprint density at radius 3 is 2.28 bits per heavy atom. The van der Waals surface area contributed by atoms with Gasteiger partial charge in [-0.05, 0) is 47.4 Å². The molecule has 0 bridgehead atoms. The largest absolute Gasteiger partial charge is 0.507 e. The summed E-state index contributed by atoms with van der Waals surface area (Å²) in [5.74, 6) is -1.66. The van der Waals surface area contributed by atoms with Crippen molar-refractivity contribution in [2.45, 2.75) is 25.9 Å². The number of ketones is 1. The van der Waals surface area contributed by atoms with E-state index in [0.717, 1.165) is 17.5 Å². The monoisotopic (exact) mass is 466 g/mol. The number of halogens is 2. The van der Waals surface area contributed by atoms with E-state index in [4.69, 9.17) is 23.2 Å². The third-order valence-electron chi connectivity index (χ3n) is 5.54. The smallest absolute Gasteiger partial charge is 0.295 e. The van der Waals surface area contributed by atoms with Crippen LogP contribution in [-0.2, 0) is 22.6 Å². The standard InChI is InChI=1S/C25H20Cl2N2O3/c1-2-15-3-5-17(6-4-15)23(30)21-22(18-7-8-19(26)20(27)13-18)29(25(32)24(21)31)14-16-9-11-28-12-10-16/h3-13,22,30H,2,14H2,1H3/b23-21-. The molecule has 2 heterocycles. The van der Waals surface area contributed by atoms with Crippen LogP contribution < -0.4 is 0 Å². The van der Waals surface area contributed by atoms with Gasteiger partial charge < -0.3 is 10.0 Å². The number of aliphatic hydroxyl groups is 1. The summed E-state index contributed by atoms with van der Waals surface area (Å²) in [4.78, 5) is 31.6. The normalized spacial score (nSPS) is 17.7. The SMILES string of the molecule is CCc1ccc(/C(O)=C2/C(=O)C(=O)N(Cc3ccncc3)C2c2ccc(Cl)c(Cl)c2)cc1. The van der Waals surface area contributed by atoms with E-state index in [0.29, 0.717) is 21.2 Å². The predicted octanol–water partition coefficient (Wildman–Crippen LogP) is 5.57. The number of Topliss-reactive ketones (excluding diaryl/α,β-unsaturated/α-hetero) is 1. The molecule has 0 saturated carbocycles. The quantitative estimate of drug-likeness (QED) is 0.303. The van der Waals surface area contributed by atoms with Crippen LogP contribution in [0.3, 0.4) is 0 Å². The summed E-state index contributed by atoms with van der Waals surface area (Å²) in [7, 11) is 0. The number of likely N-dealkylation sites (tertiary alicyclic amines) is 1. The van der Waals surface area contributed by atoms with E-state index in [9.17, 15) is 14.7 Å². The van der Waals surface area contributed by atoms with Gasteiger partial charge in [-0.25, -0.2) is 0 Å². The van der Waals surface area contributed by atoms with Crippen molar-refractivity contribution >= 4 is 40.7 Å². The molecule has 7 heteroatoms. The first-order valence-corrected chi connectivity index (χ1v) is 10.9. The lowest BCUT2D eigenvalue weighted by molar-refractivity contribution is -0.140. The summed E-state index contributed by atoms with van der Waals surface area (Å²) in [5.41, 5.74) is 2.97. The molecule has 1 aromatic heterocycles. The molecule has 1 atom stereocenters. The van der Waals surface area contributed by atoms with E-state index in [1.165, 1.54) is 4.90 Å². The lowest BCUT2D eigenvalue weighted by atomic mass is 9.94. The van der Waals surface area contributed by atoms with Gasteiger partial charge in [-0.1, -0.05) is 60.5 Å². The number of amides is 1. The Hall–Kier alpha value is -3.15. The van der Waals surface area contributed by atoms with Crippen LogP contribution in [-0.4, -0.2) is 26.7 Å². The number of carbonyl (C=O) groups excluding carboxylic acids is 2. The molecule has 162 valence electrons. The highest BCUT2D eigenvalue weighted by Crippen LogP contribution is 2.41. The minimum Gasteiger partial charge on any atom is -0.507 e. The molecule has 1 aliphatic rings. The minimum absolute atomic E-state index is 0.0201. The van der Waals surface area contributed by atoms with Crippen molar-refractivity contribution < 1.29 is 14.7 Å². The summed E-state index contributed by atoms with van der Waals surface area (Å²) < 4.78 is 0. The zero-order valence-corrected chi connectivity index (χ0v) is 18.8. The average Bonchev–Trinajstić information content (AvgIpc) is 3.06. The van der Waals surface area contributed by atoms with Crippen molar-refractivity contribution in [3.63, 3.8) is 0 Å². The maximum absolute atomic E-state index is 13.1. The van der Waals surface area contributed by atoms with E-state index < -0.39 is 17.7 Å². The Labute approximate surface area is 195 Å². The molecule has 32 heavy (non-hydrogen) atoms. The fourth-order valence-corrected chi connectivity index (χ4v) is 4.12. The molecule has 1 saturated heterocycles. The number of aliphatic hydroxyl groups excluding tert-OH is 1. The van der Waals surface area contributed by atoms with Crippen LogP contribution >= 0.6 is 23.2 Å². The number of aryl methyl sites for hydroxylation is 1. The zero-order valence-electron chi connectivity index (χ0n) is 17.3. The van der Waals surface area contributed by atoms with Crippen molar-refractivity contribution in [1.29, 1.82) is 0 Å². The van der Waals surface area contributed by atoms with Crippen molar-refractivity contribution in [1.82, 2.24) is 9.88 Å². The highest BCUT2D eigenvalue weighted by atomic mass is 35.5. The van der Waals surface area contributed by atoms with Gasteiger partial charge in [0.25, 0.3) is 11.7 Å². The highest BCUT2D eigenvalue weighted by Gasteiger charge is 2.46. The number of benzene rings is 2. The lowest BCUT2D eigenvalue weighted by Crippen LogP contribution is -2.29. The van der Waals surface area contributed by atoms with E-state index in [1.807, 2.05) is 19.1 Å². The first-order valence-electron chi connectivity index (χ1n) is 10.1. The molecule has 1 N–H and O–H groups in total. The molecule has 0 aliphatic carbocycles. The molecule has 4 rings (SSSR count). The molecule has 1 aliphatic heterocycles. The fraction of sp³-hybridized carbons (Fsp3) is 0.160. The van der Waals surface area contributed by atoms with E-state index in [1.54, 1.807) is 54.9 Å². The summed E-state index contributed by atoms with van der Waals surface area (Å²) in [6.45, 7) is 2.20. The number of pyridine rings is 1. The second-order valence-electron chi connectivity index (χ2n) is 7.51. The molecule has 1 amide bonds. The van der Waals surface area contributed by atoms with Crippen molar-refractivity contribution in [2.24, 2.45) is 0 Å². The van der Waals surface area contributed by atoms with Crippen LogP contribution in [0.5, 0.6) is 0 Å². The van der Waals surface area contributed by atoms with E-state index in [-0.39, 0.29) is 17.9 Å². The third-order valence-corrected chi connectivity index (χ3v) is 6.28. The van der Waals surface area contributed by atoms with Gasteiger partial charge in [-0.3, -0.25) is 14.6 Å². The third kappa shape index (κ3) is 4.14. The maximum Gasteiger partial charge on any atom is 0.295 e. The first-order chi connectivity index (χ1) is 15.4. The second kappa shape index (κ2) is 9.15. The van der Waals surface area contributed by atoms with Gasteiger partial charge in [0.2, 0.25) is 0 Å². The molecule has 0 spiro atoms. The van der Waals surface area contributed by atoms with E-state index in [2.05, 4.69) is 4.98 Å². The van der Waals surface area contributed by atoms with Crippen LogP contribution in [0.25, 0.3) is 5.76 Å². The molecular formula is C25H20Cl2N2O3. The molecule has 1 fully saturated rings. The molecule has 0 radical (unpaired) electrons. The number of hydrogen-bond donors (Lipinski definition) is 1. The van der Waals surface area contributed by atoms with Crippen LogP contribution in [0.4, 0.5) is 0 Å². The second-order valence-corrected chi connectivity index (χ2v) is 8.32. The van der Waals surface area contributed by atoms with Gasteiger partial charge in [0.15, 0.2) is 0 Å². The van der Waals surface area contributed by atoms with Crippen molar-refractivity contribution in [3.8, 4) is 0 Å². The summed E-state index contributed by atoms with van der Waals surface area (Å²) >= 11 is 12.3. The van der Waals surface area contributed by atoms with Gasteiger partial charge in [0.05, 0.1) is 21.7 Å². The van der Waals surface area contributed by atoms with Crippen molar-refractivity contribution in [3.05, 3.63) is 105 Å². The molecule has 2 aromatic carbocycles. The topological polar surface area (TPSA) is 70.5 Å². The molecule has 5 nitrogen and oxygen atoms in total. The molecule has 1 unspecified atom stereocenters. The number of hydrogen-bond acceptors (Lipinski definition) is 4. The summed E-state index contributed by atoms with van der Waals surface area (Å²) in [5, 5.41) is 11.8. The molecular weight excluding hydrogens is 447 g/mol. The number of rotatable bonds is 5. The van der Waals surface area contributed by atoms with Crippen LogP contribution in [0.1, 0.15) is 35.2 Å². The van der Waals surface area contributed by atoms with Gasteiger partial charge in [0, 0.05) is 24.5 Å². The Morgan fingerprint density at radius 2 is 1.66 bits per heavy atom. The van der Waals surface area contributed by atoms with Gasteiger partial charge in [-0.15, -0.1) is 0 Å². The van der Waals surface area contributed by atoms with E-state index >= 15 is 0 Å². The Kier molecular flexibility index (Phi) is 6.31. The molecule has 3 aromatic rings. The number of nitrogens with zero attached hydrogens (tertiary/aromatic N) is 2. The average molecular weight is 467 g/mol. The Bertz CT molecular complexity index is 1210. The van der Waals surface area contributed by atoms with Gasteiger partial charge in [-0.2, -0.15) is 0 Å². The fourth-order valence-electron chi connectivity index (χ4n) is 3.81. The highest BCUT2D eigenvalue weighted by molar-refractivity contribution is 6.46. The van der Waals surface area contributed by atoms with Crippen LogP contribution in [0.15, 0.2) is 72.6 Å². The number of aromatic nitrogens is 1. The Balaban J connectivity index is 1.86. The summed E-state index contributed by atoms with van der Waals surface area (Å²) in [6.07, 6.45) is 4.09. The predicted molar refractivity (Wildman–Crippen MR) is 124 cm³/mol.